The number of oxime groups is 1. The number of carboxylic acids is 1. The normalized spacial score (nSPS) is 19.4. The first-order valence-electron chi connectivity index (χ1n) is 10.9. The second-order valence-corrected chi connectivity index (χ2v) is 10.2. The van der Waals surface area contributed by atoms with Crippen LogP contribution in [0, 0.1) is 0 Å². The number of carbonyl (C=O) groups is 3. The molecule has 0 spiro atoms. The number of nitrogens with one attached hydrogen (secondary N) is 1. The Hall–Kier alpha value is -4.17. The lowest BCUT2D eigenvalue weighted by Gasteiger charge is -2.49. The molecule has 0 saturated carbocycles. The third-order valence-electron chi connectivity index (χ3n) is 5.93. The Morgan fingerprint density at radius 2 is 2.19 bits per heavy atom. The summed E-state index contributed by atoms with van der Waals surface area (Å²) in [6.45, 7) is 0.240. The first kappa shape index (κ1) is 24.5. The highest BCUT2D eigenvalue weighted by molar-refractivity contribution is 8.00. The fourth-order valence-electron chi connectivity index (χ4n) is 4.28. The second-order valence-electron chi connectivity index (χ2n) is 8.21. The lowest BCUT2D eigenvalue weighted by atomic mass is 10.0. The number of anilines is 1. The van der Waals surface area contributed by atoms with Crippen molar-refractivity contribution in [3.8, 4) is 5.75 Å². The molecule has 0 aliphatic carbocycles. The molecule has 1 aromatic carbocycles. The van der Waals surface area contributed by atoms with Crippen LogP contribution in [0.5, 0.6) is 5.75 Å². The number of benzene rings is 1. The van der Waals surface area contributed by atoms with Crippen LogP contribution in [0.3, 0.4) is 0 Å². The van der Waals surface area contributed by atoms with Crippen molar-refractivity contribution in [1.29, 1.82) is 0 Å². The average Bonchev–Trinajstić information content (AvgIpc) is 3.31. The molecule has 3 aromatic rings. The summed E-state index contributed by atoms with van der Waals surface area (Å²) in [6, 6.07) is 5.97. The summed E-state index contributed by atoms with van der Waals surface area (Å²) in [7, 11) is 1.28. The van der Waals surface area contributed by atoms with Gasteiger partial charge in [-0.2, -0.15) is 0 Å². The minimum Gasteiger partial charge on any atom is -0.507 e. The van der Waals surface area contributed by atoms with E-state index < -0.39 is 29.2 Å². The molecular weight excluding hydrogens is 520 g/mol. The van der Waals surface area contributed by atoms with E-state index in [0.29, 0.717) is 16.7 Å². The Balaban J connectivity index is 1.36. The number of rotatable bonds is 7. The first-order chi connectivity index (χ1) is 17.8. The van der Waals surface area contributed by atoms with Gasteiger partial charge in [0.1, 0.15) is 35.7 Å². The third-order valence-corrected chi connectivity index (χ3v) is 7.94. The number of phenolic OH excluding ortho intramolecular Hbond substituents is 1. The number of aromatic hydroxyl groups is 1. The quantitative estimate of drug-likeness (QED) is 0.145. The number of hydrogen-bond donors (Lipinski definition) is 4. The van der Waals surface area contributed by atoms with Crippen molar-refractivity contribution in [3.05, 3.63) is 59.0 Å². The molecule has 2 amide bonds. The minimum absolute atomic E-state index is 0.0965. The fraction of sp³-hybridized carbons (Fsp3) is 0.217. The van der Waals surface area contributed by atoms with E-state index >= 15 is 0 Å². The van der Waals surface area contributed by atoms with Crippen LogP contribution in [0.25, 0.3) is 10.8 Å². The van der Waals surface area contributed by atoms with E-state index in [1.54, 1.807) is 40.5 Å². The third kappa shape index (κ3) is 4.44. The molecule has 2 atom stereocenters. The largest absolute Gasteiger partial charge is 0.507 e. The molecule has 2 aliphatic heterocycles. The maximum Gasteiger partial charge on any atom is 0.352 e. The molecule has 14 heteroatoms. The van der Waals surface area contributed by atoms with Gasteiger partial charge in [-0.1, -0.05) is 11.2 Å². The van der Waals surface area contributed by atoms with Crippen LogP contribution in [0.2, 0.25) is 0 Å². The van der Waals surface area contributed by atoms with Crippen molar-refractivity contribution >= 4 is 62.5 Å². The van der Waals surface area contributed by atoms with Gasteiger partial charge >= 0.3 is 5.97 Å². The highest BCUT2D eigenvalue weighted by Gasteiger charge is 2.54. The number of thiazole rings is 1. The average molecular weight is 542 g/mol. The Morgan fingerprint density at radius 3 is 2.89 bits per heavy atom. The van der Waals surface area contributed by atoms with Crippen molar-refractivity contribution in [3.63, 3.8) is 0 Å². The van der Waals surface area contributed by atoms with Gasteiger partial charge in [0, 0.05) is 33.5 Å². The summed E-state index contributed by atoms with van der Waals surface area (Å²) in [5.41, 5.74) is 6.17. The molecule has 37 heavy (non-hydrogen) atoms. The van der Waals surface area contributed by atoms with Crippen molar-refractivity contribution in [2.24, 2.45) is 5.16 Å². The van der Waals surface area contributed by atoms with E-state index in [0.717, 1.165) is 16.7 Å². The summed E-state index contributed by atoms with van der Waals surface area (Å²) in [4.78, 5) is 48.1. The van der Waals surface area contributed by atoms with Gasteiger partial charge in [-0.15, -0.1) is 23.1 Å². The highest BCUT2D eigenvalue weighted by atomic mass is 32.2. The summed E-state index contributed by atoms with van der Waals surface area (Å²) in [5, 5.41) is 29.0. The van der Waals surface area contributed by atoms with E-state index in [-0.39, 0.29) is 34.5 Å². The summed E-state index contributed by atoms with van der Waals surface area (Å²) >= 11 is 2.48. The molecule has 5 N–H and O–H groups in total. The van der Waals surface area contributed by atoms with Gasteiger partial charge in [0.05, 0.1) is 0 Å². The van der Waals surface area contributed by atoms with Crippen LogP contribution in [-0.4, -0.2) is 67.9 Å². The van der Waals surface area contributed by atoms with Crippen LogP contribution in [-0.2, 0) is 25.8 Å². The molecule has 5 rings (SSSR count). The number of fused-ring (bicyclic) bond motifs is 2. The topological polar surface area (TPSA) is 171 Å². The molecule has 4 heterocycles. The van der Waals surface area contributed by atoms with Crippen molar-refractivity contribution < 1.29 is 34.0 Å². The number of aliphatic carboxylic acids is 1. The molecule has 0 bridgehead atoms. The van der Waals surface area contributed by atoms with Gasteiger partial charge in [0.15, 0.2) is 29.8 Å². The number of thioether (sulfide) groups is 1. The predicted octanol–water partition coefficient (Wildman–Crippen LogP) is 0.661. The molecule has 0 radical (unpaired) electrons. The molecule has 1 saturated heterocycles. The van der Waals surface area contributed by atoms with E-state index in [1.807, 2.05) is 6.07 Å². The van der Waals surface area contributed by atoms with Crippen LogP contribution >= 0.6 is 23.1 Å². The van der Waals surface area contributed by atoms with Crippen LogP contribution < -0.4 is 15.6 Å². The number of phenols is 1. The smallest absolute Gasteiger partial charge is 0.352 e. The Kier molecular flexibility index (Phi) is 6.43. The van der Waals surface area contributed by atoms with Crippen LogP contribution in [0.1, 0.15) is 5.69 Å². The van der Waals surface area contributed by atoms with E-state index in [9.17, 15) is 24.6 Å². The minimum atomic E-state index is -1.22. The number of hydrogen-bond acceptors (Lipinski definition) is 10. The zero-order valence-corrected chi connectivity index (χ0v) is 21.0. The van der Waals surface area contributed by atoms with E-state index in [1.165, 1.54) is 23.8 Å². The summed E-state index contributed by atoms with van der Waals surface area (Å²) in [6.07, 6.45) is 3.55. The maximum absolute atomic E-state index is 13.0. The zero-order valence-electron chi connectivity index (χ0n) is 19.3. The molecule has 2 aromatic heterocycles. The molecule has 12 nitrogen and oxygen atoms in total. The molecule has 1 unspecified atom stereocenters. The fourth-order valence-corrected chi connectivity index (χ4v) is 6.16. The Morgan fingerprint density at radius 1 is 1.38 bits per heavy atom. The van der Waals surface area contributed by atoms with Crippen molar-refractivity contribution in [2.75, 3.05) is 18.6 Å². The van der Waals surface area contributed by atoms with Crippen molar-refractivity contribution in [1.82, 2.24) is 15.2 Å². The first-order valence-corrected chi connectivity index (χ1v) is 12.9. The number of nitrogen functional groups attached to an aromatic ring is 1. The monoisotopic (exact) mass is 541 g/mol. The van der Waals surface area contributed by atoms with Crippen LogP contribution in [0.4, 0.5) is 5.13 Å². The van der Waals surface area contributed by atoms with Gasteiger partial charge in [0.25, 0.3) is 11.8 Å². The second kappa shape index (κ2) is 9.71. The lowest BCUT2D eigenvalue weighted by molar-refractivity contribution is -0.687. The summed E-state index contributed by atoms with van der Waals surface area (Å²) < 4.78 is 1.80. The number of nitrogens with zero attached hydrogens (tertiary/aromatic N) is 4. The molecule has 1 fully saturated rings. The standard InChI is InChI=1S/C23H20N6O6S2/c1-35-27-16(14-10-37-23(24)25-14)19(31)26-17-20(32)29-18(22(33)34)12(9-36-21(17)29)8-28-6-5-13-11(7-28)3-2-4-15(13)30/h2-7,10,17,21H,8-9H2,1H3,(H4-,24,25,26,30,31,33,34)/p+1/t17?,21-/m0/s1. The molecular formula is C23H21N6O6S2+. The number of pyridine rings is 1. The van der Waals surface area contributed by atoms with Gasteiger partial charge in [-0.25, -0.2) is 14.3 Å². The molecule has 190 valence electrons. The van der Waals surface area contributed by atoms with Crippen LogP contribution in [0.15, 0.2) is 58.5 Å². The summed E-state index contributed by atoms with van der Waals surface area (Å²) in [5.74, 6) is -1.95. The maximum atomic E-state index is 13.0. The number of amides is 2. The number of carbonyl (C=O) groups excluding carboxylic acids is 2. The van der Waals surface area contributed by atoms with Gasteiger partial charge in [-0.3, -0.25) is 14.5 Å². The lowest BCUT2D eigenvalue weighted by Crippen LogP contribution is -2.71. The number of aromatic nitrogens is 2. The number of nitrogens with two attached hydrogens (primary N) is 1. The number of carboxylic acid groups (broad SMARTS) is 1. The van der Waals surface area contributed by atoms with E-state index in [2.05, 4.69) is 15.5 Å². The van der Waals surface area contributed by atoms with Gasteiger partial charge < -0.3 is 26.1 Å². The Labute approximate surface area is 218 Å². The SMILES string of the molecule is CON=C(C(=O)NC1C(=O)N2C(C(=O)O)=C(C[n+]3ccc4c(O)cccc4c3)CS[C@@H]12)c1csc(N)n1. The Bertz CT molecular complexity index is 1500. The van der Waals surface area contributed by atoms with Gasteiger partial charge in [0.2, 0.25) is 0 Å². The van der Waals surface area contributed by atoms with E-state index in [4.69, 9.17) is 10.6 Å². The highest BCUT2D eigenvalue weighted by Crippen LogP contribution is 2.40. The number of β-lactam (4-membered cyclic amide) rings is 1. The van der Waals surface area contributed by atoms with Crippen molar-refractivity contribution in [2.45, 2.75) is 18.0 Å². The van der Waals surface area contributed by atoms with Gasteiger partial charge in [-0.05, 0) is 12.1 Å². The predicted molar refractivity (Wildman–Crippen MR) is 136 cm³/mol. The molecule has 2 aliphatic rings. The zero-order chi connectivity index (χ0) is 26.3.